The van der Waals surface area contributed by atoms with Crippen LogP contribution in [-0.2, 0) is 4.79 Å². The fraction of sp³-hybridized carbons (Fsp3) is 0.0952. The number of likely N-dealkylation sites (N-methyl/N-ethyl adjacent to an activating group) is 1. The summed E-state index contributed by atoms with van der Waals surface area (Å²) in [5.41, 5.74) is 6.14. The molecule has 2 aromatic carbocycles. The summed E-state index contributed by atoms with van der Waals surface area (Å²) in [6.07, 6.45) is 0. The maximum atomic E-state index is 13.6. The van der Waals surface area contributed by atoms with Gasteiger partial charge in [0, 0.05) is 12.6 Å². The molecular formula is C21H17ClFN3O3S. The highest BCUT2D eigenvalue weighted by Crippen LogP contribution is 2.27. The van der Waals surface area contributed by atoms with Gasteiger partial charge in [-0.25, -0.2) is 4.39 Å². The van der Waals surface area contributed by atoms with Crippen molar-refractivity contribution in [1.82, 2.24) is 4.90 Å². The number of amides is 3. The Morgan fingerprint density at radius 2 is 1.90 bits per heavy atom. The van der Waals surface area contributed by atoms with Gasteiger partial charge in [-0.1, -0.05) is 29.8 Å². The van der Waals surface area contributed by atoms with Crippen LogP contribution >= 0.6 is 22.9 Å². The number of nitrogens with two attached hydrogens (primary N) is 1. The standard InChI is InChI=1S/C21H17ClFN3O3S/c1-26(18(19(24)27)12-4-2-5-14(23)10-12)21(29)13-7-8-15(22)16(11-13)25-20(28)17-6-3-9-30-17/h2-11,18H,1H3,(H2,24,27)(H,25,28). The van der Waals surface area contributed by atoms with Crippen LogP contribution in [0.15, 0.2) is 60.0 Å². The van der Waals surface area contributed by atoms with Gasteiger partial charge in [0.25, 0.3) is 11.8 Å². The number of halogens is 2. The van der Waals surface area contributed by atoms with Gasteiger partial charge in [0.1, 0.15) is 11.9 Å². The summed E-state index contributed by atoms with van der Waals surface area (Å²) in [5.74, 6) is -2.27. The number of nitrogens with zero attached hydrogens (tertiary/aromatic N) is 1. The summed E-state index contributed by atoms with van der Waals surface area (Å²) < 4.78 is 13.6. The van der Waals surface area contributed by atoms with Crippen molar-refractivity contribution in [1.29, 1.82) is 0 Å². The van der Waals surface area contributed by atoms with E-state index in [4.69, 9.17) is 17.3 Å². The lowest BCUT2D eigenvalue weighted by molar-refractivity contribution is -0.122. The topological polar surface area (TPSA) is 92.5 Å². The number of nitrogens with one attached hydrogen (secondary N) is 1. The Morgan fingerprint density at radius 3 is 2.53 bits per heavy atom. The van der Waals surface area contributed by atoms with Crippen LogP contribution in [-0.4, -0.2) is 29.7 Å². The van der Waals surface area contributed by atoms with Gasteiger partial charge in [-0.15, -0.1) is 11.3 Å². The highest BCUT2D eigenvalue weighted by atomic mass is 35.5. The second-order valence-corrected chi connectivity index (χ2v) is 7.76. The Kier molecular flexibility index (Phi) is 6.49. The lowest BCUT2D eigenvalue weighted by Crippen LogP contribution is -2.39. The molecule has 0 spiro atoms. The van der Waals surface area contributed by atoms with Crippen LogP contribution in [0.4, 0.5) is 10.1 Å². The van der Waals surface area contributed by atoms with Gasteiger partial charge in [0.15, 0.2) is 0 Å². The third-order valence-corrected chi connectivity index (χ3v) is 5.55. The Hall–Kier alpha value is -3.23. The summed E-state index contributed by atoms with van der Waals surface area (Å²) in [4.78, 5) is 38.9. The maximum Gasteiger partial charge on any atom is 0.265 e. The van der Waals surface area contributed by atoms with E-state index in [0.717, 1.165) is 11.0 Å². The molecule has 6 nitrogen and oxygen atoms in total. The van der Waals surface area contributed by atoms with Gasteiger partial charge in [-0.3, -0.25) is 14.4 Å². The number of hydrogen-bond donors (Lipinski definition) is 2. The zero-order chi connectivity index (χ0) is 21.8. The molecule has 1 atom stereocenters. The molecule has 3 rings (SSSR count). The minimum absolute atomic E-state index is 0.172. The largest absolute Gasteiger partial charge is 0.368 e. The molecule has 0 radical (unpaired) electrons. The number of thiophene rings is 1. The van der Waals surface area contributed by atoms with E-state index in [1.165, 1.54) is 54.8 Å². The number of rotatable bonds is 6. The summed E-state index contributed by atoms with van der Waals surface area (Å²) in [7, 11) is 1.39. The summed E-state index contributed by atoms with van der Waals surface area (Å²) in [6.45, 7) is 0. The van der Waals surface area contributed by atoms with Gasteiger partial charge in [-0.05, 0) is 47.3 Å². The van der Waals surface area contributed by atoms with Crippen LogP contribution in [0.2, 0.25) is 5.02 Å². The molecule has 0 aliphatic heterocycles. The molecular weight excluding hydrogens is 429 g/mol. The zero-order valence-electron chi connectivity index (χ0n) is 15.8. The molecule has 0 saturated heterocycles. The molecule has 0 aliphatic rings. The fourth-order valence-electron chi connectivity index (χ4n) is 2.92. The number of benzene rings is 2. The van der Waals surface area contributed by atoms with Crippen molar-refractivity contribution < 1.29 is 18.8 Å². The van der Waals surface area contributed by atoms with Crippen LogP contribution in [0, 0.1) is 5.82 Å². The van der Waals surface area contributed by atoms with Crippen molar-refractivity contribution in [3.05, 3.63) is 86.8 Å². The molecule has 1 heterocycles. The van der Waals surface area contributed by atoms with Crippen molar-refractivity contribution in [2.24, 2.45) is 5.73 Å². The average molecular weight is 446 g/mol. The summed E-state index contributed by atoms with van der Waals surface area (Å²) >= 11 is 7.43. The van der Waals surface area contributed by atoms with E-state index in [-0.39, 0.29) is 27.7 Å². The molecule has 3 amide bonds. The van der Waals surface area contributed by atoms with Crippen molar-refractivity contribution in [3.63, 3.8) is 0 Å². The van der Waals surface area contributed by atoms with Gasteiger partial charge in [0.2, 0.25) is 5.91 Å². The number of hydrogen-bond acceptors (Lipinski definition) is 4. The van der Waals surface area contributed by atoms with Crippen molar-refractivity contribution in [2.45, 2.75) is 6.04 Å². The minimum atomic E-state index is -1.17. The average Bonchev–Trinajstić information content (AvgIpc) is 3.24. The molecule has 0 bridgehead atoms. The van der Waals surface area contributed by atoms with Gasteiger partial charge in [-0.2, -0.15) is 0 Å². The van der Waals surface area contributed by atoms with Crippen molar-refractivity contribution in [2.75, 3.05) is 12.4 Å². The molecule has 0 saturated carbocycles. The van der Waals surface area contributed by atoms with Gasteiger partial charge in [0.05, 0.1) is 15.6 Å². The molecule has 9 heteroatoms. The number of anilines is 1. The monoisotopic (exact) mass is 445 g/mol. The molecule has 1 unspecified atom stereocenters. The molecule has 30 heavy (non-hydrogen) atoms. The summed E-state index contributed by atoms with van der Waals surface area (Å²) in [5, 5.41) is 4.68. The molecule has 154 valence electrons. The van der Waals surface area contributed by atoms with E-state index in [0.29, 0.717) is 4.88 Å². The van der Waals surface area contributed by atoms with E-state index in [1.807, 2.05) is 0 Å². The Balaban J connectivity index is 1.88. The number of carbonyl (C=O) groups excluding carboxylic acids is 3. The third-order valence-electron chi connectivity index (χ3n) is 4.35. The van der Waals surface area contributed by atoms with E-state index in [1.54, 1.807) is 17.5 Å². The molecule has 0 aliphatic carbocycles. The predicted molar refractivity (Wildman–Crippen MR) is 114 cm³/mol. The first-order valence-corrected chi connectivity index (χ1v) is 10.00. The third kappa shape index (κ3) is 4.67. The van der Waals surface area contributed by atoms with Crippen LogP contribution in [0.25, 0.3) is 0 Å². The van der Waals surface area contributed by atoms with Gasteiger partial charge < -0.3 is 16.0 Å². The highest BCUT2D eigenvalue weighted by molar-refractivity contribution is 7.12. The second kappa shape index (κ2) is 9.06. The first-order valence-electron chi connectivity index (χ1n) is 8.74. The first kappa shape index (κ1) is 21.5. The zero-order valence-corrected chi connectivity index (χ0v) is 17.3. The minimum Gasteiger partial charge on any atom is -0.368 e. The van der Waals surface area contributed by atoms with Crippen LogP contribution in [0.3, 0.4) is 0 Å². The van der Waals surface area contributed by atoms with Crippen LogP contribution in [0.1, 0.15) is 31.6 Å². The summed E-state index contributed by atoms with van der Waals surface area (Å²) in [6, 6.07) is 11.9. The SMILES string of the molecule is CN(C(=O)c1ccc(Cl)c(NC(=O)c2cccs2)c1)C(C(N)=O)c1cccc(F)c1. The molecule has 0 fully saturated rings. The lowest BCUT2D eigenvalue weighted by Gasteiger charge is -2.26. The van der Waals surface area contributed by atoms with Crippen LogP contribution < -0.4 is 11.1 Å². The van der Waals surface area contributed by atoms with Crippen molar-refractivity contribution >= 4 is 46.3 Å². The number of primary amides is 1. The van der Waals surface area contributed by atoms with Crippen molar-refractivity contribution in [3.8, 4) is 0 Å². The lowest BCUT2D eigenvalue weighted by atomic mass is 10.0. The van der Waals surface area contributed by atoms with E-state index in [9.17, 15) is 18.8 Å². The van der Waals surface area contributed by atoms with E-state index in [2.05, 4.69) is 5.32 Å². The quantitative estimate of drug-likeness (QED) is 0.598. The predicted octanol–water partition coefficient (Wildman–Crippen LogP) is 4.09. The molecule has 3 N–H and O–H groups in total. The normalized spacial score (nSPS) is 11.6. The van der Waals surface area contributed by atoms with Gasteiger partial charge >= 0.3 is 0 Å². The Morgan fingerprint density at radius 1 is 1.13 bits per heavy atom. The Bertz CT molecular complexity index is 1100. The van der Waals surface area contributed by atoms with E-state index < -0.39 is 23.7 Å². The maximum absolute atomic E-state index is 13.6. The number of carbonyl (C=O) groups is 3. The fourth-order valence-corrected chi connectivity index (χ4v) is 3.71. The smallest absolute Gasteiger partial charge is 0.265 e. The van der Waals surface area contributed by atoms with Crippen LogP contribution in [0.5, 0.6) is 0 Å². The second-order valence-electron chi connectivity index (χ2n) is 6.40. The first-order chi connectivity index (χ1) is 14.3. The molecule has 3 aromatic rings. The molecule has 1 aromatic heterocycles. The van der Waals surface area contributed by atoms with E-state index >= 15 is 0 Å². The Labute approximate surface area is 181 Å². The highest BCUT2D eigenvalue weighted by Gasteiger charge is 2.28.